The molecule has 9 heteroatoms. The van der Waals surface area contributed by atoms with E-state index >= 15 is 0 Å². The van der Waals surface area contributed by atoms with E-state index in [4.69, 9.17) is 5.73 Å². The Hall–Kier alpha value is -4.53. The van der Waals surface area contributed by atoms with Gasteiger partial charge in [-0.15, -0.1) is 0 Å². The van der Waals surface area contributed by atoms with Crippen LogP contribution in [0.3, 0.4) is 0 Å². The van der Waals surface area contributed by atoms with Crippen molar-refractivity contribution >= 4 is 38.7 Å². The topological polar surface area (TPSA) is 120 Å². The molecule has 6 aromatic rings. The van der Waals surface area contributed by atoms with Crippen molar-refractivity contribution in [1.82, 2.24) is 34.5 Å². The van der Waals surface area contributed by atoms with Crippen LogP contribution in [0.5, 0.6) is 0 Å². The first-order valence-electron chi connectivity index (χ1n) is 10.5. The van der Waals surface area contributed by atoms with Crippen molar-refractivity contribution in [3.8, 4) is 0 Å². The molecular weight excluding hydrogens is 416 g/mol. The Kier molecular flexibility index (Phi) is 4.22. The second-order valence-electron chi connectivity index (χ2n) is 8.12. The van der Waals surface area contributed by atoms with Crippen LogP contribution in [0.1, 0.15) is 16.8 Å². The Morgan fingerprint density at radius 3 is 2.82 bits per heavy atom. The van der Waals surface area contributed by atoms with Gasteiger partial charge in [-0.1, -0.05) is 18.2 Å². The van der Waals surface area contributed by atoms with E-state index in [1.54, 1.807) is 18.5 Å². The molecule has 0 aliphatic rings. The summed E-state index contributed by atoms with van der Waals surface area (Å²) in [5.41, 5.74) is 11.6. The minimum Gasteiger partial charge on any atom is -0.384 e. The number of benzene rings is 1. The number of hydrogen-bond donors (Lipinski definition) is 2. The zero-order chi connectivity index (χ0) is 22.5. The Bertz CT molecular complexity index is 1730. The van der Waals surface area contributed by atoms with Gasteiger partial charge in [0.1, 0.15) is 11.3 Å². The lowest BCUT2D eigenvalue weighted by Crippen LogP contribution is -2.24. The van der Waals surface area contributed by atoms with Crippen LogP contribution in [0.25, 0.3) is 32.8 Å². The average molecular weight is 436 g/mol. The molecule has 0 amide bonds. The van der Waals surface area contributed by atoms with E-state index in [0.717, 1.165) is 44.1 Å². The molecule has 1 aromatic carbocycles. The molecule has 0 bridgehead atoms. The summed E-state index contributed by atoms with van der Waals surface area (Å²) in [4.78, 5) is 22.4. The predicted octanol–water partition coefficient (Wildman–Crippen LogP) is 2.78. The molecule has 33 heavy (non-hydrogen) atoms. The average Bonchev–Trinajstić information content (AvgIpc) is 3.40. The standard InChI is InChI=1S/C24H20N8O/c1-31-20-9-14(8-16-5-3-7-21(25)29-16)10-26-22(20)18-12-28-32(24(33)23(18)31)13-15-4-2-6-19-17(15)11-27-30-19/h2-7,9-12H,8,13H2,1H3,(H2,25,29)(H,27,30). The van der Waals surface area contributed by atoms with Gasteiger partial charge in [-0.2, -0.15) is 10.2 Å². The maximum atomic E-state index is 13.4. The highest BCUT2D eigenvalue weighted by Crippen LogP contribution is 2.25. The zero-order valence-corrected chi connectivity index (χ0v) is 17.9. The molecule has 0 saturated heterocycles. The van der Waals surface area contributed by atoms with Crippen LogP contribution in [0.15, 0.2) is 65.8 Å². The Balaban J connectivity index is 1.44. The minimum atomic E-state index is -0.160. The summed E-state index contributed by atoms with van der Waals surface area (Å²) >= 11 is 0. The lowest BCUT2D eigenvalue weighted by atomic mass is 10.1. The highest BCUT2D eigenvalue weighted by atomic mass is 16.1. The van der Waals surface area contributed by atoms with E-state index in [1.807, 2.05) is 54.2 Å². The fourth-order valence-corrected chi connectivity index (χ4v) is 4.40. The fourth-order valence-electron chi connectivity index (χ4n) is 4.40. The van der Waals surface area contributed by atoms with Gasteiger partial charge >= 0.3 is 0 Å². The van der Waals surface area contributed by atoms with Crippen LogP contribution in [-0.2, 0) is 20.0 Å². The van der Waals surface area contributed by atoms with Crippen LogP contribution >= 0.6 is 0 Å². The van der Waals surface area contributed by atoms with Crippen molar-refractivity contribution in [3.05, 3.63) is 88.2 Å². The van der Waals surface area contributed by atoms with E-state index in [0.29, 0.717) is 24.3 Å². The maximum Gasteiger partial charge on any atom is 0.291 e. The number of H-pyrrole nitrogens is 1. The van der Waals surface area contributed by atoms with Crippen molar-refractivity contribution in [2.24, 2.45) is 7.05 Å². The maximum absolute atomic E-state index is 13.4. The van der Waals surface area contributed by atoms with Gasteiger partial charge in [0.05, 0.1) is 40.9 Å². The molecule has 0 atom stereocenters. The molecule has 162 valence electrons. The molecular formula is C24H20N8O. The molecule has 0 radical (unpaired) electrons. The van der Waals surface area contributed by atoms with Gasteiger partial charge in [-0.05, 0) is 35.4 Å². The normalized spacial score (nSPS) is 11.7. The van der Waals surface area contributed by atoms with E-state index < -0.39 is 0 Å². The largest absolute Gasteiger partial charge is 0.384 e. The first-order valence-corrected chi connectivity index (χ1v) is 10.5. The molecule has 5 aromatic heterocycles. The molecule has 0 aliphatic heterocycles. The van der Waals surface area contributed by atoms with Gasteiger partial charge in [0.2, 0.25) is 0 Å². The van der Waals surface area contributed by atoms with Gasteiger partial charge in [-0.3, -0.25) is 14.9 Å². The van der Waals surface area contributed by atoms with Crippen LogP contribution in [-0.4, -0.2) is 34.5 Å². The lowest BCUT2D eigenvalue weighted by molar-refractivity contribution is 0.647. The predicted molar refractivity (Wildman–Crippen MR) is 127 cm³/mol. The number of rotatable bonds is 4. The van der Waals surface area contributed by atoms with Gasteiger partial charge < -0.3 is 10.3 Å². The lowest BCUT2D eigenvalue weighted by Gasteiger charge is -2.06. The van der Waals surface area contributed by atoms with Crippen molar-refractivity contribution < 1.29 is 0 Å². The van der Waals surface area contributed by atoms with Crippen molar-refractivity contribution in [2.75, 3.05) is 5.73 Å². The molecule has 3 N–H and O–H groups in total. The smallest absolute Gasteiger partial charge is 0.291 e. The molecule has 5 heterocycles. The van der Waals surface area contributed by atoms with Crippen molar-refractivity contribution in [1.29, 1.82) is 0 Å². The molecule has 0 spiro atoms. The van der Waals surface area contributed by atoms with Crippen molar-refractivity contribution in [2.45, 2.75) is 13.0 Å². The van der Waals surface area contributed by atoms with E-state index in [-0.39, 0.29) is 5.56 Å². The molecule has 0 unspecified atom stereocenters. The SMILES string of the molecule is Cn1c2cc(Cc3cccc(N)n3)cnc2c2cnn(Cc3cccc4[nH]ncc34)c(=O)c21. The summed E-state index contributed by atoms with van der Waals surface area (Å²) in [5, 5.41) is 13.2. The minimum absolute atomic E-state index is 0.160. The highest BCUT2D eigenvalue weighted by Gasteiger charge is 2.16. The monoisotopic (exact) mass is 436 g/mol. The van der Waals surface area contributed by atoms with E-state index in [1.165, 1.54) is 4.68 Å². The third-order valence-electron chi connectivity index (χ3n) is 6.00. The molecule has 0 saturated carbocycles. The third-order valence-corrected chi connectivity index (χ3v) is 6.00. The summed E-state index contributed by atoms with van der Waals surface area (Å²) in [6.45, 7) is 0.354. The highest BCUT2D eigenvalue weighted by molar-refractivity contribution is 6.04. The summed E-state index contributed by atoms with van der Waals surface area (Å²) in [6.07, 6.45) is 5.91. The van der Waals surface area contributed by atoms with Crippen LogP contribution in [0.4, 0.5) is 5.82 Å². The number of nitrogens with zero attached hydrogens (tertiary/aromatic N) is 6. The summed E-state index contributed by atoms with van der Waals surface area (Å²) < 4.78 is 3.38. The van der Waals surface area contributed by atoms with Crippen LogP contribution in [0, 0.1) is 0 Å². The van der Waals surface area contributed by atoms with E-state index in [2.05, 4.69) is 25.3 Å². The van der Waals surface area contributed by atoms with Crippen LogP contribution in [0.2, 0.25) is 0 Å². The van der Waals surface area contributed by atoms with Crippen LogP contribution < -0.4 is 11.3 Å². The number of nitrogen functional groups attached to an aromatic ring is 1. The second-order valence-corrected chi connectivity index (χ2v) is 8.12. The Morgan fingerprint density at radius 2 is 1.94 bits per heavy atom. The zero-order valence-electron chi connectivity index (χ0n) is 17.9. The number of aromatic nitrogens is 7. The number of fused-ring (bicyclic) bond motifs is 4. The van der Waals surface area contributed by atoms with E-state index in [9.17, 15) is 4.79 Å². The quantitative estimate of drug-likeness (QED) is 0.438. The number of aromatic amines is 1. The van der Waals surface area contributed by atoms with Gasteiger partial charge in [0.15, 0.2) is 0 Å². The Labute approximate surface area is 187 Å². The summed E-state index contributed by atoms with van der Waals surface area (Å²) in [6, 6.07) is 13.5. The molecule has 6 rings (SSSR count). The summed E-state index contributed by atoms with van der Waals surface area (Å²) in [7, 11) is 1.89. The van der Waals surface area contributed by atoms with Gasteiger partial charge in [-0.25, -0.2) is 9.67 Å². The molecule has 9 nitrogen and oxygen atoms in total. The van der Waals surface area contributed by atoms with Gasteiger partial charge in [0, 0.05) is 30.7 Å². The molecule has 0 fully saturated rings. The fraction of sp³-hybridized carbons (Fsp3) is 0.125. The first-order chi connectivity index (χ1) is 16.1. The number of aryl methyl sites for hydroxylation is 1. The summed E-state index contributed by atoms with van der Waals surface area (Å²) in [5.74, 6) is 0.490. The number of nitrogens with two attached hydrogens (primary N) is 1. The number of anilines is 1. The Morgan fingerprint density at radius 1 is 1.06 bits per heavy atom. The number of nitrogens with one attached hydrogen (secondary N) is 1. The third kappa shape index (κ3) is 3.13. The second kappa shape index (κ2) is 7.27. The number of pyridine rings is 2. The first kappa shape index (κ1) is 19.2. The number of hydrogen-bond acceptors (Lipinski definition) is 6. The molecule has 0 aliphatic carbocycles. The van der Waals surface area contributed by atoms with Crippen molar-refractivity contribution in [3.63, 3.8) is 0 Å². The van der Waals surface area contributed by atoms with Gasteiger partial charge in [0.25, 0.3) is 5.56 Å².